The van der Waals surface area contributed by atoms with Gasteiger partial charge in [-0.25, -0.2) is 0 Å². The van der Waals surface area contributed by atoms with E-state index in [0.717, 1.165) is 18.8 Å². The van der Waals surface area contributed by atoms with Crippen LogP contribution in [0.25, 0.3) is 0 Å². The molecule has 1 aliphatic heterocycles. The van der Waals surface area contributed by atoms with E-state index in [1.165, 1.54) is 23.3 Å². The van der Waals surface area contributed by atoms with Gasteiger partial charge in [0, 0.05) is 44.7 Å². The minimum absolute atomic E-state index is 0.182. The number of carbonyl (C=O) groups excluding carboxylic acids is 2. The van der Waals surface area contributed by atoms with Gasteiger partial charge in [0.1, 0.15) is 6.04 Å². The van der Waals surface area contributed by atoms with Crippen molar-refractivity contribution in [3.63, 3.8) is 0 Å². The van der Waals surface area contributed by atoms with Crippen molar-refractivity contribution in [2.24, 2.45) is 0 Å². The van der Waals surface area contributed by atoms with Gasteiger partial charge in [-0.15, -0.1) is 0 Å². The highest BCUT2D eigenvalue weighted by atomic mass is 16.2. The van der Waals surface area contributed by atoms with E-state index in [1.54, 1.807) is 6.92 Å². The lowest BCUT2D eigenvalue weighted by Gasteiger charge is -2.25. The summed E-state index contributed by atoms with van der Waals surface area (Å²) in [6.45, 7) is 4.95. The van der Waals surface area contributed by atoms with Crippen molar-refractivity contribution in [1.82, 2.24) is 10.6 Å². The molecule has 0 radical (unpaired) electrons. The SMILES string of the molecule is CCNC(=O)C(=O)NC[C@H](c1ccc(N(C)C)cc1)[NH+]1CCCC1. The Kier molecular flexibility index (Phi) is 6.61. The number of benzene rings is 1. The molecule has 0 spiro atoms. The minimum Gasteiger partial charge on any atom is -0.378 e. The Labute approximate surface area is 144 Å². The standard InChI is InChI=1S/C18H28N4O2/c1-4-19-17(23)18(24)20-13-16(22-11-5-6-12-22)14-7-9-15(10-8-14)21(2)3/h7-10,16H,4-6,11-13H2,1-3H3,(H,19,23)(H,20,24)/p+1/t16-/m1/s1. The topological polar surface area (TPSA) is 65.9 Å². The zero-order valence-electron chi connectivity index (χ0n) is 14.9. The lowest BCUT2D eigenvalue weighted by atomic mass is 10.0. The van der Waals surface area contributed by atoms with E-state index in [-0.39, 0.29) is 6.04 Å². The van der Waals surface area contributed by atoms with Crippen LogP contribution >= 0.6 is 0 Å². The first-order valence-corrected chi connectivity index (χ1v) is 8.70. The maximum absolute atomic E-state index is 11.9. The fraction of sp³-hybridized carbons (Fsp3) is 0.556. The Morgan fingerprint density at radius 3 is 2.21 bits per heavy atom. The summed E-state index contributed by atoms with van der Waals surface area (Å²) in [7, 11) is 4.04. The highest BCUT2D eigenvalue weighted by Crippen LogP contribution is 2.17. The van der Waals surface area contributed by atoms with E-state index in [2.05, 4.69) is 39.8 Å². The normalized spacial score (nSPS) is 15.8. The smallest absolute Gasteiger partial charge is 0.309 e. The maximum Gasteiger partial charge on any atom is 0.309 e. The predicted molar refractivity (Wildman–Crippen MR) is 95.1 cm³/mol. The monoisotopic (exact) mass is 333 g/mol. The lowest BCUT2D eigenvalue weighted by molar-refractivity contribution is -0.918. The van der Waals surface area contributed by atoms with Crippen molar-refractivity contribution in [1.29, 1.82) is 0 Å². The first-order chi connectivity index (χ1) is 11.5. The van der Waals surface area contributed by atoms with Crippen molar-refractivity contribution in [2.75, 3.05) is 45.2 Å². The van der Waals surface area contributed by atoms with Crippen LogP contribution in [0, 0.1) is 0 Å². The first-order valence-electron chi connectivity index (χ1n) is 8.70. The number of carbonyl (C=O) groups is 2. The predicted octanol–water partition coefficient (Wildman–Crippen LogP) is -0.275. The zero-order chi connectivity index (χ0) is 17.5. The van der Waals surface area contributed by atoms with Gasteiger partial charge < -0.3 is 20.4 Å². The van der Waals surface area contributed by atoms with Crippen LogP contribution in [0.15, 0.2) is 24.3 Å². The minimum atomic E-state index is -0.560. The summed E-state index contributed by atoms with van der Waals surface area (Å²) < 4.78 is 0. The average Bonchev–Trinajstić information content (AvgIpc) is 3.09. The molecule has 1 aromatic carbocycles. The summed E-state index contributed by atoms with van der Waals surface area (Å²) in [5.41, 5.74) is 2.36. The third-order valence-electron chi connectivity index (χ3n) is 4.56. The van der Waals surface area contributed by atoms with Crippen molar-refractivity contribution >= 4 is 17.5 Å². The molecule has 1 fully saturated rings. The van der Waals surface area contributed by atoms with E-state index in [4.69, 9.17) is 0 Å². The Balaban J connectivity index is 2.07. The molecule has 6 heteroatoms. The third kappa shape index (κ3) is 4.71. The molecule has 6 nitrogen and oxygen atoms in total. The number of amides is 2. The van der Waals surface area contributed by atoms with Gasteiger partial charge in [0.15, 0.2) is 0 Å². The molecule has 2 rings (SSSR count). The molecule has 24 heavy (non-hydrogen) atoms. The van der Waals surface area contributed by atoms with E-state index in [0.29, 0.717) is 13.1 Å². The fourth-order valence-electron chi connectivity index (χ4n) is 3.20. The molecule has 1 saturated heterocycles. The molecule has 1 heterocycles. The average molecular weight is 333 g/mol. The second kappa shape index (κ2) is 8.68. The first kappa shape index (κ1) is 18.3. The number of hydrogen-bond acceptors (Lipinski definition) is 3. The highest BCUT2D eigenvalue weighted by molar-refractivity contribution is 6.35. The van der Waals surface area contributed by atoms with Gasteiger partial charge in [0.25, 0.3) is 0 Å². The number of likely N-dealkylation sites (N-methyl/N-ethyl adjacent to an activating group) is 1. The van der Waals surface area contributed by atoms with Crippen LogP contribution < -0.4 is 20.4 Å². The summed E-state index contributed by atoms with van der Waals surface area (Å²) in [5, 5.41) is 5.33. The fourth-order valence-corrected chi connectivity index (χ4v) is 3.20. The summed E-state index contributed by atoms with van der Waals surface area (Å²) in [4.78, 5) is 27.0. The largest absolute Gasteiger partial charge is 0.378 e. The molecule has 0 unspecified atom stereocenters. The van der Waals surface area contributed by atoms with Crippen LogP contribution in [0.4, 0.5) is 5.69 Å². The number of anilines is 1. The number of rotatable bonds is 6. The molecule has 1 aromatic rings. The third-order valence-corrected chi connectivity index (χ3v) is 4.56. The summed E-state index contributed by atoms with van der Waals surface area (Å²) in [6, 6.07) is 8.64. The molecular formula is C18H29N4O2+. The van der Waals surface area contributed by atoms with Crippen LogP contribution in [0.3, 0.4) is 0 Å². The van der Waals surface area contributed by atoms with Crippen LogP contribution in [-0.4, -0.2) is 52.1 Å². The second-order valence-electron chi connectivity index (χ2n) is 6.47. The summed E-state index contributed by atoms with van der Waals surface area (Å²) in [5.74, 6) is -1.11. The number of hydrogen-bond donors (Lipinski definition) is 3. The number of quaternary nitrogens is 1. The van der Waals surface area contributed by atoms with Gasteiger partial charge in [-0.05, 0) is 19.1 Å². The van der Waals surface area contributed by atoms with Gasteiger partial charge in [-0.2, -0.15) is 0 Å². The molecule has 2 amide bonds. The molecule has 1 aliphatic rings. The van der Waals surface area contributed by atoms with Gasteiger partial charge in [0.2, 0.25) is 0 Å². The molecule has 0 aromatic heterocycles. The molecule has 1 atom stereocenters. The van der Waals surface area contributed by atoms with Crippen LogP contribution in [0.2, 0.25) is 0 Å². The maximum atomic E-state index is 11.9. The summed E-state index contributed by atoms with van der Waals surface area (Å²) >= 11 is 0. The second-order valence-corrected chi connectivity index (χ2v) is 6.47. The van der Waals surface area contributed by atoms with Crippen LogP contribution in [-0.2, 0) is 9.59 Å². The molecule has 0 aliphatic carbocycles. The number of likely N-dealkylation sites (tertiary alicyclic amines) is 1. The van der Waals surface area contributed by atoms with Gasteiger partial charge in [-0.3, -0.25) is 9.59 Å². The summed E-state index contributed by atoms with van der Waals surface area (Å²) in [6.07, 6.45) is 2.43. The van der Waals surface area contributed by atoms with Gasteiger partial charge >= 0.3 is 11.8 Å². The Morgan fingerprint density at radius 2 is 1.67 bits per heavy atom. The van der Waals surface area contributed by atoms with Crippen molar-refractivity contribution in [3.05, 3.63) is 29.8 Å². The van der Waals surface area contributed by atoms with E-state index < -0.39 is 11.8 Å². The quantitative estimate of drug-likeness (QED) is 0.628. The van der Waals surface area contributed by atoms with Crippen molar-refractivity contribution in [3.8, 4) is 0 Å². The van der Waals surface area contributed by atoms with Crippen molar-refractivity contribution < 1.29 is 14.5 Å². The molecule has 132 valence electrons. The van der Waals surface area contributed by atoms with Gasteiger partial charge in [-0.1, -0.05) is 12.1 Å². The van der Waals surface area contributed by atoms with Crippen molar-refractivity contribution in [2.45, 2.75) is 25.8 Å². The lowest BCUT2D eigenvalue weighted by Crippen LogP contribution is -3.11. The van der Waals surface area contributed by atoms with E-state index in [9.17, 15) is 9.59 Å². The molecular weight excluding hydrogens is 304 g/mol. The number of nitrogens with zero attached hydrogens (tertiary/aromatic N) is 1. The highest BCUT2D eigenvalue weighted by Gasteiger charge is 2.28. The Morgan fingerprint density at radius 1 is 1.08 bits per heavy atom. The van der Waals surface area contributed by atoms with E-state index >= 15 is 0 Å². The van der Waals surface area contributed by atoms with Crippen LogP contribution in [0.5, 0.6) is 0 Å². The molecule has 0 bridgehead atoms. The Bertz CT molecular complexity index is 551. The molecule has 0 saturated carbocycles. The Hall–Kier alpha value is -2.08. The van der Waals surface area contributed by atoms with Crippen LogP contribution in [0.1, 0.15) is 31.4 Å². The number of nitrogens with one attached hydrogen (secondary N) is 3. The zero-order valence-corrected chi connectivity index (χ0v) is 14.9. The molecule has 3 N–H and O–H groups in total. The van der Waals surface area contributed by atoms with E-state index in [1.807, 2.05) is 14.1 Å². The van der Waals surface area contributed by atoms with Gasteiger partial charge in [0.05, 0.1) is 19.6 Å².